The summed E-state index contributed by atoms with van der Waals surface area (Å²) in [5.74, 6) is -2.12. The highest BCUT2D eigenvalue weighted by atomic mass is 32.2. The lowest BCUT2D eigenvalue weighted by molar-refractivity contribution is -0.274. The number of rotatable bonds is 5. The lowest BCUT2D eigenvalue weighted by Gasteiger charge is -2.09. The van der Waals surface area contributed by atoms with Crippen LogP contribution in [0.25, 0.3) is 11.8 Å². The molecule has 0 bridgehead atoms. The molecule has 28 heavy (non-hydrogen) atoms. The van der Waals surface area contributed by atoms with Gasteiger partial charge in [0, 0.05) is 0 Å². The molecule has 0 spiro atoms. The Morgan fingerprint density at radius 1 is 1.32 bits per heavy atom. The van der Waals surface area contributed by atoms with E-state index in [1.165, 1.54) is 29.1 Å². The number of nitrogens with zero attached hydrogens (tertiary/aromatic N) is 4. The number of carboxylic acids is 1. The monoisotopic (exact) mass is 430 g/mol. The Bertz CT molecular complexity index is 972. The van der Waals surface area contributed by atoms with Crippen molar-refractivity contribution in [1.82, 2.24) is 19.9 Å². The first-order chi connectivity index (χ1) is 13.1. The summed E-state index contributed by atoms with van der Waals surface area (Å²) in [5, 5.41) is 16.5. The Morgan fingerprint density at radius 3 is 2.61 bits per heavy atom. The quantitative estimate of drug-likeness (QED) is 0.571. The fourth-order valence-electron chi connectivity index (χ4n) is 2.18. The maximum atomic E-state index is 12.2. The van der Waals surface area contributed by atoms with E-state index in [2.05, 4.69) is 15.0 Å². The van der Waals surface area contributed by atoms with E-state index < -0.39 is 24.8 Å². The first-order valence-electron chi connectivity index (χ1n) is 7.38. The Hall–Kier alpha value is -2.93. The van der Waals surface area contributed by atoms with E-state index in [9.17, 15) is 22.8 Å². The van der Waals surface area contributed by atoms with Gasteiger partial charge >= 0.3 is 12.3 Å². The van der Waals surface area contributed by atoms with E-state index in [1.54, 1.807) is 0 Å². The van der Waals surface area contributed by atoms with Crippen molar-refractivity contribution in [3.05, 3.63) is 41.1 Å². The van der Waals surface area contributed by atoms with Crippen LogP contribution >= 0.6 is 24.0 Å². The molecule has 1 aliphatic heterocycles. The summed E-state index contributed by atoms with van der Waals surface area (Å²) < 4.78 is 41.8. The summed E-state index contributed by atoms with van der Waals surface area (Å²) in [4.78, 5) is 24.1. The van der Waals surface area contributed by atoms with E-state index in [0.29, 0.717) is 5.69 Å². The molecule has 1 N–H and O–H groups in total. The van der Waals surface area contributed by atoms with Gasteiger partial charge in [0.25, 0.3) is 5.91 Å². The van der Waals surface area contributed by atoms with Crippen molar-refractivity contribution < 1.29 is 32.6 Å². The number of halogens is 3. The number of carboxylic acid groups (broad SMARTS) is 1. The molecule has 3 rings (SSSR count). The maximum Gasteiger partial charge on any atom is 0.573 e. The van der Waals surface area contributed by atoms with Gasteiger partial charge in [0.15, 0.2) is 0 Å². The van der Waals surface area contributed by atoms with Gasteiger partial charge in [-0.15, -0.1) is 18.3 Å². The molecule has 0 radical (unpaired) electrons. The second-order valence-corrected chi connectivity index (χ2v) is 6.97. The summed E-state index contributed by atoms with van der Waals surface area (Å²) >= 11 is 5.93. The van der Waals surface area contributed by atoms with E-state index in [0.717, 1.165) is 28.8 Å². The Labute approximate surface area is 164 Å². The molecule has 0 aliphatic carbocycles. The van der Waals surface area contributed by atoms with Gasteiger partial charge in [0.2, 0.25) is 0 Å². The number of alkyl halides is 3. The van der Waals surface area contributed by atoms with E-state index in [-0.39, 0.29) is 20.7 Å². The van der Waals surface area contributed by atoms with E-state index >= 15 is 0 Å². The number of carbonyl (C=O) groups excluding carboxylic acids is 1. The van der Waals surface area contributed by atoms with E-state index in [1.807, 2.05) is 0 Å². The molecule has 1 aliphatic rings. The molecular formula is C15H9F3N4O4S2. The minimum Gasteiger partial charge on any atom is -0.480 e. The molecule has 1 amide bonds. The highest BCUT2D eigenvalue weighted by Crippen LogP contribution is 2.32. The second-order valence-electron chi connectivity index (χ2n) is 5.29. The van der Waals surface area contributed by atoms with Crippen LogP contribution in [-0.2, 0) is 9.59 Å². The van der Waals surface area contributed by atoms with Crippen molar-refractivity contribution in [2.24, 2.45) is 0 Å². The van der Waals surface area contributed by atoms with Crippen LogP contribution in [-0.4, -0.2) is 54.1 Å². The van der Waals surface area contributed by atoms with Gasteiger partial charge in [0.05, 0.1) is 16.8 Å². The molecule has 13 heteroatoms. The predicted molar refractivity (Wildman–Crippen MR) is 95.6 cm³/mol. The molecule has 1 aromatic carbocycles. The van der Waals surface area contributed by atoms with E-state index in [4.69, 9.17) is 17.3 Å². The van der Waals surface area contributed by atoms with Crippen molar-refractivity contribution in [3.63, 3.8) is 0 Å². The highest BCUT2D eigenvalue weighted by Gasteiger charge is 2.33. The maximum absolute atomic E-state index is 12.2. The summed E-state index contributed by atoms with van der Waals surface area (Å²) in [6, 6.07) is 4.96. The second kappa shape index (κ2) is 7.59. The van der Waals surface area contributed by atoms with Crippen LogP contribution in [0.1, 0.15) is 5.69 Å². The molecule has 146 valence electrons. The van der Waals surface area contributed by atoms with Crippen LogP contribution in [0, 0.1) is 0 Å². The van der Waals surface area contributed by atoms with Gasteiger partial charge in [-0.2, -0.15) is 0 Å². The van der Waals surface area contributed by atoms with Crippen LogP contribution in [0.2, 0.25) is 0 Å². The largest absolute Gasteiger partial charge is 0.573 e. The summed E-state index contributed by atoms with van der Waals surface area (Å²) in [6.07, 6.45) is -1.94. The topological polar surface area (TPSA) is 97.5 Å². The highest BCUT2D eigenvalue weighted by molar-refractivity contribution is 8.26. The first-order valence-corrected chi connectivity index (χ1v) is 8.60. The minimum atomic E-state index is -4.78. The van der Waals surface area contributed by atoms with Gasteiger partial charge in [-0.05, 0) is 30.3 Å². The number of hydrogen-bond acceptors (Lipinski definition) is 7. The number of ether oxygens (including phenoxy) is 1. The number of carbonyl (C=O) groups is 2. The molecule has 1 saturated heterocycles. The third-order valence-electron chi connectivity index (χ3n) is 3.29. The summed E-state index contributed by atoms with van der Waals surface area (Å²) in [5.41, 5.74) is 0.701. The van der Waals surface area contributed by atoms with Crippen LogP contribution in [0.5, 0.6) is 5.75 Å². The number of hydrogen-bond donors (Lipinski definition) is 1. The van der Waals surface area contributed by atoms with Gasteiger partial charge in [-0.1, -0.05) is 29.2 Å². The fourth-order valence-corrected chi connectivity index (χ4v) is 3.42. The van der Waals surface area contributed by atoms with Crippen LogP contribution in [0.15, 0.2) is 35.4 Å². The lowest BCUT2D eigenvalue weighted by Crippen LogP contribution is -2.33. The van der Waals surface area contributed by atoms with Crippen molar-refractivity contribution >= 4 is 46.3 Å². The minimum absolute atomic E-state index is 0.117. The van der Waals surface area contributed by atoms with Crippen LogP contribution in [0.3, 0.4) is 0 Å². The third-order valence-corrected chi connectivity index (χ3v) is 4.67. The summed E-state index contributed by atoms with van der Waals surface area (Å²) in [7, 11) is 0. The average Bonchev–Trinajstić information content (AvgIpc) is 3.15. The van der Waals surface area contributed by atoms with Gasteiger partial charge in [-0.3, -0.25) is 14.5 Å². The van der Waals surface area contributed by atoms with Crippen molar-refractivity contribution in [2.45, 2.75) is 6.36 Å². The number of benzene rings is 1. The van der Waals surface area contributed by atoms with Gasteiger partial charge in [-0.25, -0.2) is 4.68 Å². The van der Waals surface area contributed by atoms with Crippen molar-refractivity contribution in [2.75, 3.05) is 6.54 Å². The molecule has 1 aromatic heterocycles. The Balaban J connectivity index is 1.76. The van der Waals surface area contributed by atoms with Gasteiger partial charge in [0.1, 0.15) is 22.3 Å². The predicted octanol–water partition coefficient (Wildman–Crippen LogP) is 2.45. The molecule has 0 atom stereocenters. The summed E-state index contributed by atoms with van der Waals surface area (Å²) in [6.45, 7) is -0.541. The lowest BCUT2D eigenvalue weighted by atomic mass is 10.3. The molecule has 1 fully saturated rings. The number of thioether (sulfide) groups is 1. The first kappa shape index (κ1) is 19.8. The molecule has 8 nitrogen and oxygen atoms in total. The molecular weight excluding hydrogens is 421 g/mol. The zero-order valence-electron chi connectivity index (χ0n) is 13.6. The fraction of sp³-hybridized carbons (Fsp3) is 0.133. The molecule has 0 saturated carbocycles. The number of thiocarbonyl (C=S) groups is 1. The standard InChI is InChI=1S/C15H9F3N4O4S2/c16-15(17,18)26-10-3-1-9(2-4-10)22-6-8(19-20-22)5-11-13(25)21(7-12(23)24)14(27)28-11/h1-6H,7H2,(H,23,24)/b11-5-. The van der Waals surface area contributed by atoms with Crippen LogP contribution < -0.4 is 4.74 Å². The van der Waals surface area contributed by atoms with Crippen LogP contribution in [0.4, 0.5) is 13.2 Å². The number of amides is 1. The average molecular weight is 430 g/mol. The van der Waals surface area contributed by atoms with Gasteiger partial charge < -0.3 is 9.84 Å². The third kappa shape index (κ3) is 4.67. The number of aliphatic carboxylic acids is 1. The van der Waals surface area contributed by atoms with Crippen molar-refractivity contribution in [3.8, 4) is 11.4 Å². The molecule has 2 heterocycles. The zero-order valence-corrected chi connectivity index (χ0v) is 15.2. The molecule has 2 aromatic rings. The number of aromatic nitrogens is 3. The smallest absolute Gasteiger partial charge is 0.480 e. The normalized spacial score (nSPS) is 16.1. The molecule has 0 unspecified atom stereocenters. The Morgan fingerprint density at radius 2 is 2.00 bits per heavy atom. The SMILES string of the molecule is O=C(O)CN1C(=O)/C(=C/c2cn(-c3ccc(OC(F)(F)F)cc3)nn2)SC1=S. The Kier molecular flexibility index (Phi) is 5.38. The van der Waals surface area contributed by atoms with Crippen molar-refractivity contribution in [1.29, 1.82) is 0 Å². The zero-order chi connectivity index (χ0) is 20.5.